The first-order valence-corrected chi connectivity index (χ1v) is 10.6. The fourth-order valence-corrected chi connectivity index (χ4v) is 4.16. The molecule has 2 aromatic carbocycles. The Morgan fingerprint density at radius 3 is 2.59 bits per heavy atom. The van der Waals surface area contributed by atoms with Gasteiger partial charge in [0.1, 0.15) is 5.82 Å². The highest BCUT2D eigenvalue weighted by Crippen LogP contribution is 2.34. The zero-order chi connectivity index (χ0) is 21.0. The van der Waals surface area contributed by atoms with Gasteiger partial charge in [-0.2, -0.15) is 0 Å². The molecule has 1 atom stereocenters. The third-order valence-corrected chi connectivity index (χ3v) is 6.54. The number of benzene rings is 2. The Balaban J connectivity index is 1.48. The monoisotopic (exact) mass is 422 g/mol. The van der Waals surface area contributed by atoms with Crippen molar-refractivity contribution in [3.8, 4) is 11.5 Å². The summed E-state index contributed by atoms with van der Waals surface area (Å²) in [7, 11) is -2.28. The predicted molar refractivity (Wildman–Crippen MR) is 105 cm³/mol. The number of carbonyl (C=O) groups is 1. The molecule has 0 spiro atoms. The van der Waals surface area contributed by atoms with Gasteiger partial charge in [-0.1, -0.05) is 6.07 Å². The molecule has 7 nitrogen and oxygen atoms in total. The van der Waals surface area contributed by atoms with Gasteiger partial charge in [0.2, 0.25) is 22.7 Å². The largest absolute Gasteiger partial charge is 0.454 e. The van der Waals surface area contributed by atoms with Crippen molar-refractivity contribution in [2.24, 2.45) is 0 Å². The number of hydrogen-bond acceptors (Lipinski definition) is 5. The van der Waals surface area contributed by atoms with Crippen LogP contribution in [0.4, 0.5) is 4.39 Å². The van der Waals surface area contributed by atoms with Gasteiger partial charge in [0.15, 0.2) is 11.5 Å². The molecule has 3 rings (SSSR count). The van der Waals surface area contributed by atoms with Gasteiger partial charge in [-0.05, 0) is 55.3 Å². The Morgan fingerprint density at radius 2 is 1.86 bits per heavy atom. The smallest absolute Gasteiger partial charge is 0.242 e. The van der Waals surface area contributed by atoms with E-state index in [1.807, 2.05) is 19.1 Å². The maximum atomic E-state index is 13.0. The van der Waals surface area contributed by atoms with Crippen molar-refractivity contribution in [2.75, 3.05) is 20.4 Å². The summed E-state index contributed by atoms with van der Waals surface area (Å²) in [6.45, 7) is 2.22. The van der Waals surface area contributed by atoms with Crippen molar-refractivity contribution in [2.45, 2.75) is 30.7 Å². The van der Waals surface area contributed by atoms with Gasteiger partial charge in [-0.15, -0.1) is 0 Å². The van der Waals surface area contributed by atoms with Gasteiger partial charge < -0.3 is 14.8 Å². The van der Waals surface area contributed by atoms with E-state index < -0.39 is 15.8 Å². The highest BCUT2D eigenvalue weighted by atomic mass is 32.2. The molecular weight excluding hydrogens is 399 g/mol. The SMILES string of the molecule is C[C@@H](NC(=O)CCCN(C)S(=O)(=O)c1ccc(F)cc1)c1ccc2c(c1)OCO2. The number of ether oxygens (including phenoxy) is 2. The van der Waals surface area contributed by atoms with Gasteiger partial charge in [-0.3, -0.25) is 4.79 Å². The van der Waals surface area contributed by atoms with E-state index in [4.69, 9.17) is 9.47 Å². The summed E-state index contributed by atoms with van der Waals surface area (Å²) in [5, 5.41) is 2.89. The van der Waals surface area contributed by atoms with Crippen molar-refractivity contribution in [3.05, 3.63) is 53.8 Å². The molecular formula is C20H23FN2O5S. The molecule has 0 aliphatic carbocycles. The highest BCUT2D eigenvalue weighted by molar-refractivity contribution is 7.89. The van der Waals surface area contributed by atoms with Gasteiger partial charge in [0, 0.05) is 20.0 Å². The number of hydrogen-bond donors (Lipinski definition) is 1. The molecule has 0 saturated heterocycles. The first-order chi connectivity index (χ1) is 13.8. The lowest BCUT2D eigenvalue weighted by Gasteiger charge is -2.18. The molecule has 0 bridgehead atoms. The minimum Gasteiger partial charge on any atom is -0.454 e. The second-order valence-corrected chi connectivity index (χ2v) is 8.83. The lowest BCUT2D eigenvalue weighted by atomic mass is 10.1. The number of nitrogens with one attached hydrogen (secondary N) is 1. The number of sulfonamides is 1. The lowest BCUT2D eigenvalue weighted by Crippen LogP contribution is -2.30. The van der Waals surface area contributed by atoms with Crippen LogP contribution >= 0.6 is 0 Å². The standard InChI is InChI=1S/C20H23FN2O5S/c1-14(15-5-10-18-19(12-15)28-13-27-18)22-20(24)4-3-11-23(2)29(25,26)17-8-6-16(21)7-9-17/h5-10,12,14H,3-4,11,13H2,1-2H3,(H,22,24)/t14-/m1/s1. The van der Waals surface area contributed by atoms with Crippen LogP contribution in [0, 0.1) is 5.82 Å². The van der Waals surface area contributed by atoms with Crippen molar-refractivity contribution < 1.29 is 27.1 Å². The Hall–Kier alpha value is -2.65. The van der Waals surface area contributed by atoms with E-state index >= 15 is 0 Å². The van der Waals surface area contributed by atoms with E-state index in [1.54, 1.807) is 6.07 Å². The Bertz CT molecular complexity index is 979. The lowest BCUT2D eigenvalue weighted by molar-refractivity contribution is -0.121. The van der Waals surface area contributed by atoms with Crippen LogP contribution in [0.2, 0.25) is 0 Å². The zero-order valence-electron chi connectivity index (χ0n) is 16.2. The third kappa shape index (κ3) is 5.04. The van der Waals surface area contributed by atoms with Crippen LogP contribution < -0.4 is 14.8 Å². The second-order valence-electron chi connectivity index (χ2n) is 6.79. The fourth-order valence-electron chi connectivity index (χ4n) is 2.95. The minimum atomic E-state index is -3.72. The first-order valence-electron chi connectivity index (χ1n) is 9.18. The summed E-state index contributed by atoms with van der Waals surface area (Å²) in [6, 6.07) is 9.92. The normalized spacial score (nSPS) is 14.1. The van der Waals surface area contributed by atoms with E-state index in [1.165, 1.54) is 19.2 Å². The van der Waals surface area contributed by atoms with E-state index in [9.17, 15) is 17.6 Å². The van der Waals surface area contributed by atoms with Crippen molar-refractivity contribution in [1.29, 1.82) is 0 Å². The summed E-state index contributed by atoms with van der Waals surface area (Å²) in [6.07, 6.45) is 0.536. The molecule has 1 aliphatic rings. The molecule has 1 N–H and O–H groups in total. The molecule has 29 heavy (non-hydrogen) atoms. The molecule has 0 aromatic heterocycles. The maximum absolute atomic E-state index is 13.0. The van der Waals surface area contributed by atoms with Crippen LogP contribution in [0.15, 0.2) is 47.4 Å². The van der Waals surface area contributed by atoms with Crippen molar-refractivity contribution in [1.82, 2.24) is 9.62 Å². The van der Waals surface area contributed by atoms with E-state index in [2.05, 4.69) is 5.32 Å². The van der Waals surface area contributed by atoms with Crippen LogP contribution in [0.5, 0.6) is 11.5 Å². The Morgan fingerprint density at radius 1 is 1.17 bits per heavy atom. The molecule has 156 valence electrons. The molecule has 0 unspecified atom stereocenters. The van der Waals surface area contributed by atoms with Gasteiger partial charge in [-0.25, -0.2) is 17.1 Å². The number of carbonyl (C=O) groups excluding carboxylic acids is 1. The van der Waals surface area contributed by atoms with Crippen molar-refractivity contribution >= 4 is 15.9 Å². The number of rotatable bonds is 8. The zero-order valence-corrected chi connectivity index (χ0v) is 17.0. The molecule has 2 aromatic rings. The summed E-state index contributed by atoms with van der Waals surface area (Å²) < 4.78 is 49.7. The number of halogens is 1. The predicted octanol–water partition coefficient (Wildman–Crippen LogP) is 2.83. The van der Waals surface area contributed by atoms with Gasteiger partial charge in [0.05, 0.1) is 10.9 Å². The molecule has 0 radical (unpaired) electrons. The summed E-state index contributed by atoms with van der Waals surface area (Å²) in [5.74, 6) is 0.650. The number of amides is 1. The summed E-state index contributed by atoms with van der Waals surface area (Å²) in [5.41, 5.74) is 0.888. The maximum Gasteiger partial charge on any atom is 0.242 e. The van der Waals surface area contributed by atoms with Crippen LogP contribution in [0.3, 0.4) is 0 Å². The van der Waals surface area contributed by atoms with Crippen molar-refractivity contribution in [3.63, 3.8) is 0 Å². The minimum absolute atomic E-state index is 0.0160. The molecule has 0 fully saturated rings. The van der Waals surface area contributed by atoms with Crippen LogP contribution in [-0.4, -0.2) is 39.0 Å². The highest BCUT2D eigenvalue weighted by Gasteiger charge is 2.21. The van der Waals surface area contributed by atoms with Crippen LogP contribution in [-0.2, 0) is 14.8 Å². The molecule has 1 aliphatic heterocycles. The van der Waals surface area contributed by atoms with E-state index in [0.717, 1.165) is 22.0 Å². The molecule has 1 amide bonds. The fraction of sp³-hybridized carbons (Fsp3) is 0.350. The van der Waals surface area contributed by atoms with Crippen LogP contribution in [0.25, 0.3) is 0 Å². The summed E-state index contributed by atoms with van der Waals surface area (Å²) in [4.78, 5) is 12.2. The Labute approximate surface area is 169 Å². The average molecular weight is 422 g/mol. The second kappa shape index (κ2) is 8.79. The average Bonchev–Trinajstić information content (AvgIpc) is 3.16. The van der Waals surface area contributed by atoms with Crippen LogP contribution in [0.1, 0.15) is 31.4 Å². The molecule has 1 heterocycles. The summed E-state index contributed by atoms with van der Waals surface area (Å²) >= 11 is 0. The number of nitrogens with zero attached hydrogens (tertiary/aromatic N) is 1. The third-order valence-electron chi connectivity index (χ3n) is 4.67. The molecule has 0 saturated carbocycles. The van der Waals surface area contributed by atoms with Gasteiger partial charge >= 0.3 is 0 Å². The van der Waals surface area contributed by atoms with E-state index in [0.29, 0.717) is 17.9 Å². The Kier molecular flexibility index (Phi) is 6.39. The topological polar surface area (TPSA) is 84.9 Å². The molecule has 9 heteroatoms. The number of fused-ring (bicyclic) bond motifs is 1. The van der Waals surface area contributed by atoms with Gasteiger partial charge in [0.25, 0.3) is 0 Å². The quantitative estimate of drug-likeness (QED) is 0.707. The van der Waals surface area contributed by atoms with E-state index in [-0.39, 0.29) is 36.6 Å². The first kappa shape index (κ1) is 21.1.